The van der Waals surface area contributed by atoms with Crippen LogP contribution in [0, 0.1) is 0 Å². The van der Waals surface area contributed by atoms with Gasteiger partial charge in [-0.05, 0) is 30.7 Å². The Morgan fingerprint density at radius 1 is 1.04 bits per heavy atom. The lowest BCUT2D eigenvalue weighted by molar-refractivity contribution is 0.181. The Morgan fingerprint density at radius 2 is 1.73 bits per heavy atom. The zero-order chi connectivity index (χ0) is 18.6. The van der Waals surface area contributed by atoms with Crippen LogP contribution in [0.3, 0.4) is 0 Å². The predicted octanol–water partition coefficient (Wildman–Crippen LogP) is 3.25. The van der Waals surface area contributed by atoms with E-state index in [2.05, 4.69) is 17.0 Å². The zero-order valence-corrected chi connectivity index (χ0v) is 16.3. The normalized spacial score (nSPS) is 16.5. The summed E-state index contributed by atoms with van der Waals surface area (Å²) >= 11 is 6.03. The maximum atomic E-state index is 13.1. The summed E-state index contributed by atoms with van der Waals surface area (Å²) in [6.07, 6.45) is 0. The van der Waals surface area contributed by atoms with Gasteiger partial charge in [-0.1, -0.05) is 41.9 Å². The average Bonchev–Trinajstić information content (AvgIpc) is 2.64. The van der Waals surface area contributed by atoms with Crippen molar-refractivity contribution in [3.63, 3.8) is 0 Å². The quantitative estimate of drug-likeness (QED) is 0.754. The third-order valence-corrected chi connectivity index (χ3v) is 6.56. The van der Waals surface area contributed by atoms with Gasteiger partial charge in [0.1, 0.15) is 10.6 Å². The summed E-state index contributed by atoms with van der Waals surface area (Å²) in [6.45, 7) is 5.34. The van der Waals surface area contributed by atoms with Crippen LogP contribution in [0.4, 0.5) is 0 Å². The monoisotopic (exact) mass is 394 g/mol. The molecular weight excluding hydrogens is 372 g/mol. The molecule has 0 N–H and O–H groups in total. The Balaban J connectivity index is 1.71. The van der Waals surface area contributed by atoms with Crippen LogP contribution >= 0.6 is 11.6 Å². The van der Waals surface area contributed by atoms with Crippen molar-refractivity contribution in [1.82, 2.24) is 9.21 Å². The number of benzene rings is 2. The molecule has 1 aliphatic rings. The van der Waals surface area contributed by atoms with Crippen LogP contribution < -0.4 is 4.74 Å². The lowest BCUT2D eigenvalue weighted by atomic mass is 10.2. The van der Waals surface area contributed by atoms with Gasteiger partial charge in [-0.25, -0.2) is 8.42 Å². The van der Waals surface area contributed by atoms with E-state index in [1.165, 1.54) is 15.9 Å². The molecule has 0 radical (unpaired) electrons. The Kier molecular flexibility index (Phi) is 6.19. The van der Waals surface area contributed by atoms with Crippen LogP contribution in [0.25, 0.3) is 0 Å². The summed E-state index contributed by atoms with van der Waals surface area (Å²) in [5, 5.41) is 0.384. The largest absolute Gasteiger partial charge is 0.492 e. The van der Waals surface area contributed by atoms with Gasteiger partial charge in [0.05, 0.1) is 6.61 Å². The number of halogens is 1. The van der Waals surface area contributed by atoms with E-state index in [9.17, 15) is 8.42 Å². The second-order valence-corrected chi connectivity index (χ2v) is 8.53. The van der Waals surface area contributed by atoms with Crippen molar-refractivity contribution in [2.75, 3.05) is 32.8 Å². The number of ether oxygens (including phenoxy) is 1. The fourth-order valence-corrected chi connectivity index (χ4v) is 4.88. The minimum atomic E-state index is -3.64. The van der Waals surface area contributed by atoms with Crippen LogP contribution in [0.15, 0.2) is 53.4 Å². The molecule has 1 aliphatic heterocycles. The van der Waals surface area contributed by atoms with E-state index in [1.54, 1.807) is 12.1 Å². The van der Waals surface area contributed by atoms with Crippen molar-refractivity contribution in [3.8, 4) is 5.75 Å². The van der Waals surface area contributed by atoms with Gasteiger partial charge >= 0.3 is 0 Å². The van der Waals surface area contributed by atoms with Gasteiger partial charge in [-0.15, -0.1) is 0 Å². The summed E-state index contributed by atoms with van der Waals surface area (Å²) < 4.78 is 33.1. The number of piperazine rings is 1. The minimum Gasteiger partial charge on any atom is -0.492 e. The molecule has 2 aromatic carbocycles. The maximum Gasteiger partial charge on any atom is 0.246 e. The average molecular weight is 395 g/mol. The van der Waals surface area contributed by atoms with E-state index in [4.69, 9.17) is 16.3 Å². The summed E-state index contributed by atoms with van der Waals surface area (Å²) in [4.78, 5) is 2.41. The van der Waals surface area contributed by atoms with Crippen molar-refractivity contribution in [2.24, 2.45) is 0 Å². The molecular formula is C19H23ClN2O3S. The third kappa shape index (κ3) is 4.38. The Bertz CT molecular complexity index is 835. The molecule has 0 bridgehead atoms. The second-order valence-electron chi connectivity index (χ2n) is 6.19. The number of nitrogens with zero attached hydrogens (tertiary/aromatic N) is 2. The molecule has 5 nitrogen and oxygen atoms in total. The van der Waals surface area contributed by atoms with Crippen molar-refractivity contribution in [1.29, 1.82) is 0 Å². The Labute approximate surface area is 160 Å². The van der Waals surface area contributed by atoms with Crippen LogP contribution in [0.5, 0.6) is 5.75 Å². The first kappa shape index (κ1) is 19.2. The molecule has 1 heterocycles. The number of hydrogen-bond donors (Lipinski definition) is 0. The highest BCUT2D eigenvalue weighted by atomic mass is 35.5. The molecule has 0 aliphatic carbocycles. The molecule has 0 unspecified atom stereocenters. The molecule has 140 valence electrons. The zero-order valence-electron chi connectivity index (χ0n) is 14.8. The Morgan fingerprint density at radius 3 is 2.38 bits per heavy atom. The van der Waals surface area contributed by atoms with Crippen molar-refractivity contribution < 1.29 is 13.2 Å². The van der Waals surface area contributed by atoms with Crippen molar-refractivity contribution in [3.05, 3.63) is 59.1 Å². The first-order valence-corrected chi connectivity index (χ1v) is 10.5. The summed E-state index contributed by atoms with van der Waals surface area (Å²) in [5.74, 6) is 0.351. The Hall–Kier alpha value is -1.60. The van der Waals surface area contributed by atoms with E-state index < -0.39 is 10.0 Å². The molecule has 0 spiro atoms. The number of sulfonamides is 1. The highest BCUT2D eigenvalue weighted by Crippen LogP contribution is 2.30. The molecule has 0 amide bonds. The summed E-state index contributed by atoms with van der Waals surface area (Å²) in [7, 11) is -3.64. The molecule has 0 atom stereocenters. The summed E-state index contributed by atoms with van der Waals surface area (Å²) in [6, 6.07) is 14.9. The van der Waals surface area contributed by atoms with E-state index >= 15 is 0 Å². The highest BCUT2D eigenvalue weighted by Gasteiger charge is 2.31. The van der Waals surface area contributed by atoms with Gasteiger partial charge in [0, 0.05) is 37.7 Å². The van der Waals surface area contributed by atoms with Gasteiger partial charge in [-0.3, -0.25) is 4.90 Å². The molecule has 26 heavy (non-hydrogen) atoms. The minimum absolute atomic E-state index is 0.142. The fraction of sp³-hybridized carbons (Fsp3) is 0.368. The highest BCUT2D eigenvalue weighted by molar-refractivity contribution is 7.89. The van der Waals surface area contributed by atoms with E-state index in [-0.39, 0.29) is 4.90 Å². The first-order valence-electron chi connectivity index (χ1n) is 8.69. The molecule has 1 saturated heterocycles. The molecule has 3 rings (SSSR count). The SMILES string of the molecule is CCOc1ccc(Cl)cc1S(=O)(=O)N1CCN(Cc2ccccc2)CC1. The predicted molar refractivity (Wildman–Crippen MR) is 103 cm³/mol. The standard InChI is InChI=1S/C19H23ClN2O3S/c1-2-25-18-9-8-17(20)14-19(18)26(23,24)22-12-10-21(11-13-22)15-16-6-4-3-5-7-16/h3-9,14H,2,10-13,15H2,1H3. The van der Waals surface area contributed by atoms with Gasteiger partial charge in [0.25, 0.3) is 0 Å². The molecule has 2 aromatic rings. The van der Waals surface area contributed by atoms with E-state index in [0.717, 1.165) is 6.54 Å². The van der Waals surface area contributed by atoms with Gasteiger partial charge in [-0.2, -0.15) is 4.31 Å². The van der Waals surface area contributed by atoms with Crippen LogP contribution in [0.1, 0.15) is 12.5 Å². The molecule has 1 fully saturated rings. The first-order chi connectivity index (χ1) is 12.5. The van der Waals surface area contributed by atoms with E-state index in [0.29, 0.717) is 43.6 Å². The van der Waals surface area contributed by atoms with Crippen molar-refractivity contribution >= 4 is 21.6 Å². The number of hydrogen-bond acceptors (Lipinski definition) is 4. The number of rotatable bonds is 6. The van der Waals surface area contributed by atoms with Gasteiger partial charge in [0.15, 0.2) is 0 Å². The van der Waals surface area contributed by atoms with Crippen LogP contribution in [-0.2, 0) is 16.6 Å². The smallest absolute Gasteiger partial charge is 0.246 e. The summed E-state index contributed by atoms with van der Waals surface area (Å²) in [5.41, 5.74) is 1.23. The van der Waals surface area contributed by atoms with Crippen LogP contribution in [-0.4, -0.2) is 50.4 Å². The maximum absolute atomic E-state index is 13.1. The molecule has 0 saturated carbocycles. The van der Waals surface area contributed by atoms with Crippen molar-refractivity contribution in [2.45, 2.75) is 18.4 Å². The molecule has 0 aromatic heterocycles. The van der Waals surface area contributed by atoms with Gasteiger partial charge in [0.2, 0.25) is 10.0 Å². The lowest BCUT2D eigenvalue weighted by Crippen LogP contribution is -2.48. The lowest BCUT2D eigenvalue weighted by Gasteiger charge is -2.34. The van der Waals surface area contributed by atoms with E-state index in [1.807, 2.05) is 25.1 Å². The molecule has 7 heteroatoms. The second kappa shape index (κ2) is 8.39. The van der Waals surface area contributed by atoms with Gasteiger partial charge < -0.3 is 4.74 Å². The van der Waals surface area contributed by atoms with Crippen LogP contribution in [0.2, 0.25) is 5.02 Å². The topological polar surface area (TPSA) is 49.9 Å². The third-order valence-electron chi connectivity index (χ3n) is 4.40. The fourth-order valence-electron chi connectivity index (χ4n) is 3.07.